The van der Waals surface area contributed by atoms with Gasteiger partial charge in [-0.25, -0.2) is 19.4 Å². The molecular formula is C13H17FN6O3. The van der Waals surface area contributed by atoms with Crippen LogP contribution in [0.1, 0.15) is 16.8 Å². The van der Waals surface area contributed by atoms with E-state index in [4.69, 9.17) is 15.7 Å². The van der Waals surface area contributed by atoms with Crippen molar-refractivity contribution in [3.63, 3.8) is 0 Å². The summed E-state index contributed by atoms with van der Waals surface area (Å²) in [7, 11) is 0. The lowest BCUT2D eigenvalue weighted by Gasteiger charge is -2.16. The number of halogens is 1. The molecule has 1 aliphatic rings. The van der Waals surface area contributed by atoms with E-state index in [1.165, 1.54) is 4.52 Å². The van der Waals surface area contributed by atoms with Crippen molar-refractivity contribution in [3.05, 3.63) is 17.8 Å². The van der Waals surface area contributed by atoms with Crippen molar-refractivity contribution < 1.29 is 19.1 Å². The lowest BCUT2D eigenvalue weighted by Crippen LogP contribution is -2.26. The van der Waals surface area contributed by atoms with Crippen molar-refractivity contribution in [1.82, 2.24) is 20.1 Å². The summed E-state index contributed by atoms with van der Waals surface area (Å²) < 4.78 is 14.7. The number of hydrogen-bond donors (Lipinski definition) is 3. The van der Waals surface area contributed by atoms with Gasteiger partial charge in [0.1, 0.15) is 17.6 Å². The number of nitrogens with two attached hydrogens (primary N) is 1. The summed E-state index contributed by atoms with van der Waals surface area (Å²) in [6.45, 7) is 0.560. The Morgan fingerprint density at radius 3 is 3.13 bits per heavy atom. The topological polar surface area (TPSA) is 118 Å². The molecule has 1 atom stereocenters. The summed E-state index contributed by atoms with van der Waals surface area (Å²) in [5, 5.41) is 12.7. The van der Waals surface area contributed by atoms with E-state index >= 15 is 0 Å². The van der Waals surface area contributed by atoms with E-state index < -0.39 is 12.1 Å². The Morgan fingerprint density at radius 2 is 2.43 bits per heavy atom. The maximum Gasteiger partial charge on any atom is 0.282 e. The van der Waals surface area contributed by atoms with E-state index in [9.17, 15) is 9.18 Å². The maximum absolute atomic E-state index is 13.3. The number of aliphatic hydroxyl groups excluding tert-OH is 1. The Balaban J connectivity index is 1.91. The van der Waals surface area contributed by atoms with Gasteiger partial charge in [-0.15, -0.1) is 5.10 Å². The minimum Gasteiger partial charge on any atom is -0.394 e. The molecule has 0 aliphatic carbocycles. The molecule has 1 amide bonds. The van der Waals surface area contributed by atoms with Gasteiger partial charge in [-0.2, -0.15) is 0 Å². The third-order valence-corrected chi connectivity index (χ3v) is 3.54. The number of rotatable bonds is 5. The minimum atomic E-state index is -0.877. The van der Waals surface area contributed by atoms with Crippen LogP contribution in [0, 0.1) is 0 Å². The molecule has 0 saturated carbocycles. The van der Waals surface area contributed by atoms with Gasteiger partial charge in [-0.05, 0) is 12.5 Å². The van der Waals surface area contributed by atoms with Crippen LogP contribution in [0.3, 0.4) is 0 Å². The highest BCUT2D eigenvalue weighted by Crippen LogP contribution is 2.23. The van der Waals surface area contributed by atoms with Gasteiger partial charge in [0.05, 0.1) is 19.8 Å². The van der Waals surface area contributed by atoms with Gasteiger partial charge < -0.3 is 15.7 Å². The molecule has 1 unspecified atom stereocenters. The standard InChI is InChI=1S/C13H17FN6O3/c14-8-1-3-19(7-8)9-2-4-20-12(16-9)10(11(15)17-20)13(22)18-23-6-5-21/h2,4,8,21H,1,3,5-7H2,(H2,15,17)(H,18,22). The third-order valence-electron chi connectivity index (χ3n) is 3.54. The predicted octanol–water partition coefficient (Wildman–Crippen LogP) is -0.487. The Kier molecular flexibility index (Phi) is 4.26. The van der Waals surface area contributed by atoms with Crippen LogP contribution in [0.15, 0.2) is 12.3 Å². The van der Waals surface area contributed by atoms with Gasteiger partial charge in [0.25, 0.3) is 5.91 Å². The van der Waals surface area contributed by atoms with E-state index in [2.05, 4.69) is 15.6 Å². The number of carbonyl (C=O) groups excluding carboxylic acids is 1. The van der Waals surface area contributed by atoms with Crippen LogP contribution < -0.4 is 16.1 Å². The number of fused-ring (bicyclic) bond motifs is 1. The Bertz CT molecular complexity index is 721. The lowest BCUT2D eigenvalue weighted by atomic mass is 10.3. The molecule has 1 fully saturated rings. The van der Waals surface area contributed by atoms with Crippen molar-refractivity contribution in [1.29, 1.82) is 0 Å². The van der Waals surface area contributed by atoms with Crippen LogP contribution in [0.25, 0.3) is 5.65 Å². The first-order valence-corrected chi connectivity index (χ1v) is 7.17. The molecule has 124 valence electrons. The molecule has 9 nitrogen and oxygen atoms in total. The molecule has 3 rings (SSSR count). The number of aromatic nitrogens is 3. The first-order chi connectivity index (χ1) is 11.1. The van der Waals surface area contributed by atoms with Crippen LogP contribution in [0.2, 0.25) is 0 Å². The fourth-order valence-corrected chi connectivity index (χ4v) is 2.47. The normalized spacial score (nSPS) is 17.8. The van der Waals surface area contributed by atoms with E-state index in [1.54, 1.807) is 17.2 Å². The molecule has 0 bridgehead atoms. The molecule has 23 heavy (non-hydrogen) atoms. The smallest absolute Gasteiger partial charge is 0.282 e. The van der Waals surface area contributed by atoms with Crippen LogP contribution in [0.4, 0.5) is 16.0 Å². The fourth-order valence-electron chi connectivity index (χ4n) is 2.47. The molecule has 10 heteroatoms. The average molecular weight is 324 g/mol. The van der Waals surface area contributed by atoms with Crippen LogP contribution in [-0.4, -0.2) is 58.1 Å². The zero-order valence-electron chi connectivity index (χ0n) is 12.3. The Morgan fingerprint density at radius 1 is 1.61 bits per heavy atom. The number of nitrogens with one attached hydrogen (secondary N) is 1. The van der Waals surface area contributed by atoms with E-state index in [0.29, 0.717) is 18.8 Å². The summed E-state index contributed by atoms with van der Waals surface area (Å²) in [6, 6.07) is 1.70. The minimum absolute atomic E-state index is 0.00420. The maximum atomic E-state index is 13.3. The highest BCUT2D eigenvalue weighted by Gasteiger charge is 2.25. The first kappa shape index (κ1) is 15.4. The molecular weight excluding hydrogens is 307 g/mol. The summed E-state index contributed by atoms with van der Waals surface area (Å²) in [5.41, 5.74) is 8.27. The number of aliphatic hydroxyl groups is 1. The second kappa shape index (κ2) is 6.34. The highest BCUT2D eigenvalue weighted by molar-refractivity contribution is 6.03. The second-order valence-electron chi connectivity index (χ2n) is 5.15. The van der Waals surface area contributed by atoms with Crippen molar-refractivity contribution in [2.45, 2.75) is 12.6 Å². The number of carbonyl (C=O) groups is 1. The van der Waals surface area contributed by atoms with E-state index in [0.717, 1.165) is 0 Å². The Hall–Kier alpha value is -2.46. The number of hydrogen-bond acceptors (Lipinski definition) is 7. The molecule has 0 radical (unpaired) electrons. The van der Waals surface area contributed by atoms with Crippen molar-refractivity contribution in [3.8, 4) is 0 Å². The number of amides is 1. The van der Waals surface area contributed by atoms with Crippen molar-refractivity contribution >= 4 is 23.2 Å². The van der Waals surface area contributed by atoms with Crippen LogP contribution in [-0.2, 0) is 4.84 Å². The monoisotopic (exact) mass is 324 g/mol. The molecule has 2 aromatic heterocycles. The number of alkyl halides is 1. The van der Waals surface area contributed by atoms with Gasteiger partial charge in [-0.3, -0.25) is 9.63 Å². The molecule has 0 spiro atoms. The molecule has 3 heterocycles. The van der Waals surface area contributed by atoms with Crippen LogP contribution in [0.5, 0.6) is 0 Å². The molecule has 4 N–H and O–H groups in total. The quantitative estimate of drug-likeness (QED) is 0.502. The number of nitrogens with zero attached hydrogens (tertiary/aromatic N) is 4. The second-order valence-corrected chi connectivity index (χ2v) is 5.15. The number of nitrogen functional groups attached to an aromatic ring is 1. The van der Waals surface area contributed by atoms with Gasteiger partial charge >= 0.3 is 0 Å². The van der Waals surface area contributed by atoms with Crippen LogP contribution >= 0.6 is 0 Å². The largest absolute Gasteiger partial charge is 0.394 e. The van der Waals surface area contributed by atoms with E-state index in [1.807, 2.05) is 0 Å². The summed E-state index contributed by atoms with van der Waals surface area (Å²) in [4.78, 5) is 23.1. The molecule has 1 aliphatic heterocycles. The highest BCUT2D eigenvalue weighted by atomic mass is 19.1. The Labute approximate surface area is 130 Å². The zero-order valence-corrected chi connectivity index (χ0v) is 12.3. The zero-order chi connectivity index (χ0) is 16.4. The number of anilines is 2. The molecule has 2 aromatic rings. The van der Waals surface area contributed by atoms with Crippen molar-refractivity contribution in [2.24, 2.45) is 0 Å². The third kappa shape index (κ3) is 3.03. The van der Waals surface area contributed by atoms with Gasteiger partial charge in [-0.1, -0.05) is 0 Å². The fraction of sp³-hybridized carbons (Fsp3) is 0.462. The molecule has 1 saturated heterocycles. The predicted molar refractivity (Wildman–Crippen MR) is 79.6 cm³/mol. The SMILES string of the molecule is Nc1nn2ccc(N3CCC(F)C3)nc2c1C(=O)NOCCO. The summed E-state index contributed by atoms with van der Waals surface area (Å²) in [6.07, 6.45) is 1.19. The van der Waals surface area contributed by atoms with E-state index in [-0.39, 0.29) is 36.8 Å². The first-order valence-electron chi connectivity index (χ1n) is 7.17. The lowest BCUT2D eigenvalue weighted by molar-refractivity contribution is 0.0170. The van der Waals surface area contributed by atoms with Gasteiger partial charge in [0, 0.05) is 12.7 Å². The average Bonchev–Trinajstić information content (AvgIpc) is 3.09. The van der Waals surface area contributed by atoms with Gasteiger partial charge in [0.2, 0.25) is 0 Å². The molecule has 0 aromatic carbocycles. The summed E-state index contributed by atoms with van der Waals surface area (Å²) >= 11 is 0. The number of hydroxylamine groups is 1. The summed E-state index contributed by atoms with van der Waals surface area (Å²) in [5.74, 6) is -0.0483. The van der Waals surface area contributed by atoms with Crippen molar-refractivity contribution in [2.75, 3.05) is 36.9 Å². The van der Waals surface area contributed by atoms with Gasteiger partial charge in [0.15, 0.2) is 11.5 Å².